The predicted molar refractivity (Wildman–Crippen MR) is 81.7 cm³/mol. The topological polar surface area (TPSA) is 64.3 Å². The van der Waals surface area contributed by atoms with Crippen molar-refractivity contribution in [2.24, 2.45) is 0 Å². The van der Waals surface area contributed by atoms with Crippen molar-refractivity contribution in [2.75, 3.05) is 18.2 Å². The highest BCUT2D eigenvalue weighted by Crippen LogP contribution is 2.32. The summed E-state index contributed by atoms with van der Waals surface area (Å²) in [6.45, 7) is 0. The first-order valence-electron chi connectivity index (χ1n) is 6.54. The average molecular weight is 288 g/mol. The van der Waals surface area contributed by atoms with Crippen molar-refractivity contribution in [1.29, 1.82) is 0 Å². The number of carbonyl (C=O) groups is 1. The van der Waals surface area contributed by atoms with Crippen molar-refractivity contribution in [3.63, 3.8) is 0 Å². The number of nitrogens with one attached hydrogen (secondary N) is 1. The van der Waals surface area contributed by atoms with Crippen LogP contribution in [0.5, 0.6) is 5.75 Å². The Morgan fingerprint density at radius 1 is 1.35 bits per heavy atom. The number of rotatable bonds is 3. The van der Waals surface area contributed by atoms with E-state index >= 15 is 0 Å². The fraction of sp³-hybridized carbons (Fsp3) is 0.267. The molecule has 1 aliphatic rings. The van der Waals surface area contributed by atoms with E-state index in [0.29, 0.717) is 17.1 Å². The molecule has 5 heteroatoms. The molecule has 1 aromatic heterocycles. The SMILES string of the molecule is COc1cc(N)ccc1NC(=O)c1cc2c(s1)CCC2. The third-order valence-corrected chi connectivity index (χ3v) is 4.68. The van der Waals surface area contributed by atoms with Crippen LogP contribution in [0.4, 0.5) is 11.4 Å². The van der Waals surface area contributed by atoms with E-state index in [9.17, 15) is 4.79 Å². The van der Waals surface area contributed by atoms with Crippen LogP contribution in [0.1, 0.15) is 26.5 Å². The van der Waals surface area contributed by atoms with Crippen LogP contribution in [0.2, 0.25) is 0 Å². The number of thiophene rings is 1. The number of hydrogen-bond donors (Lipinski definition) is 2. The third-order valence-electron chi connectivity index (χ3n) is 3.44. The Morgan fingerprint density at radius 3 is 2.95 bits per heavy atom. The first-order valence-corrected chi connectivity index (χ1v) is 7.35. The van der Waals surface area contributed by atoms with Gasteiger partial charge >= 0.3 is 0 Å². The number of hydrogen-bond acceptors (Lipinski definition) is 4. The fourth-order valence-corrected chi connectivity index (χ4v) is 3.58. The molecule has 0 atom stereocenters. The molecule has 1 aliphatic carbocycles. The van der Waals surface area contributed by atoms with E-state index in [1.54, 1.807) is 36.6 Å². The fourth-order valence-electron chi connectivity index (χ4n) is 2.44. The monoisotopic (exact) mass is 288 g/mol. The first kappa shape index (κ1) is 13.0. The summed E-state index contributed by atoms with van der Waals surface area (Å²) in [7, 11) is 1.56. The Hall–Kier alpha value is -2.01. The van der Waals surface area contributed by atoms with Crippen LogP contribution in [0, 0.1) is 0 Å². The van der Waals surface area contributed by atoms with Crippen LogP contribution in [-0.2, 0) is 12.8 Å². The van der Waals surface area contributed by atoms with Crippen molar-refractivity contribution in [3.05, 3.63) is 39.6 Å². The van der Waals surface area contributed by atoms with Crippen LogP contribution in [0.3, 0.4) is 0 Å². The quantitative estimate of drug-likeness (QED) is 0.853. The molecule has 2 aromatic rings. The van der Waals surface area contributed by atoms with Gasteiger partial charge in [0.05, 0.1) is 17.7 Å². The average Bonchev–Trinajstić information content (AvgIpc) is 3.01. The molecule has 0 radical (unpaired) electrons. The van der Waals surface area contributed by atoms with Crippen LogP contribution in [0.15, 0.2) is 24.3 Å². The summed E-state index contributed by atoms with van der Waals surface area (Å²) in [5, 5.41) is 2.88. The van der Waals surface area contributed by atoms with Crippen LogP contribution < -0.4 is 15.8 Å². The highest BCUT2D eigenvalue weighted by Gasteiger charge is 2.19. The molecule has 3 N–H and O–H groups in total. The maximum atomic E-state index is 12.3. The molecular formula is C15H16N2O2S. The van der Waals surface area contributed by atoms with E-state index in [4.69, 9.17) is 10.5 Å². The second kappa shape index (κ2) is 5.17. The summed E-state index contributed by atoms with van der Waals surface area (Å²) >= 11 is 1.59. The van der Waals surface area contributed by atoms with Gasteiger partial charge in [0.15, 0.2) is 0 Å². The summed E-state index contributed by atoms with van der Waals surface area (Å²) in [5.41, 5.74) is 8.27. The zero-order chi connectivity index (χ0) is 14.1. The van der Waals surface area contributed by atoms with Gasteiger partial charge in [-0.15, -0.1) is 11.3 Å². The molecule has 20 heavy (non-hydrogen) atoms. The molecular weight excluding hydrogens is 272 g/mol. The van der Waals surface area contributed by atoms with Gasteiger partial charge in [-0.1, -0.05) is 0 Å². The number of amides is 1. The molecule has 1 amide bonds. The normalized spacial score (nSPS) is 13.1. The number of anilines is 2. The molecule has 0 fully saturated rings. The number of nitrogens with two attached hydrogens (primary N) is 1. The molecule has 4 nitrogen and oxygen atoms in total. The number of benzene rings is 1. The van der Waals surface area contributed by atoms with E-state index in [2.05, 4.69) is 5.32 Å². The minimum absolute atomic E-state index is 0.0903. The van der Waals surface area contributed by atoms with Gasteiger partial charge in [0.2, 0.25) is 0 Å². The number of nitrogen functional groups attached to an aromatic ring is 1. The van der Waals surface area contributed by atoms with Crippen molar-refractivity contribution >= 4 is 28.6 Å². The van der Waals surface area contributed by atoms with Crippen molar-refractivity contribution in [1.82, 2.24) is 0 Å². The lowest BCUT2D eigenvalue weighted by Crippen LogP contribution is -2.11. The molecule has 0 bridgehead atoms. The number of ether oxygens (including phenoxy) is 1. The van der Waals surface area contributed by atoms with Crippen LogP contribution in [-0.4, -0.2) is 13.0 Å². The van der Waals surface area contributed by atoms with Crippen LogP contribution in [0.25, 0.3) is 0 Å². The number of fused-ring (bicyclic) bond motifs is 1. The minimum Gasteiger partial charge on any atom is -0.494 e. The Morgan fingerprint density at radius 2 is 2.20 bits per heavy atom. The van der Waals surface area contributed by atoms with Gasteiger partial charge < -0.3 is 15.8 Å². The van der Waals surface area contributed by atoms with Gasteiger partial charge in [-0.25, -0.2) is 0 Å². The Bertz CT molecular complexity index is 642. The molecule has 0 saturated carbocycles. The lowest BCUT2D eigenvalue weighted by atomic mass is 10.2. The number of carbonyl (C=O) groups excluding carboxylic acids is 1. The lowest BCUT2D eigenvalue weighted by molar-refractivity contribution is 0.103. The summed E-state index contributed by atoms with van der Waals surface area (Å²) in [6, 6.07) is 7.20. The second-order valence-corrected chi connectivity index (χ2v) is 5.96. The largest absolute Gasteiger partial charge is 0.494 e. The van der Waals surface area contributed by atoms with Crippen molar-refractivity contribution in [2.45, 2.75) is 19.3 Å². The Kier molecular flexibility index (Phi) is 3.36. The zero-order valence-electron chi connectivity index (χ0n) is 11.2. The summed E-state index contributed by atoms with van der Waals surface area (Å²) in [4.78, 5) is 14.4. The van der Waals surface area contributed by atoms with Crippen molar-refractivity contribution in [3.8, 4) is 5.75 Å². The highest BCUT2D eigenvalue weighted by molar-refractivity contribution is 7.14. The Balaban J connectivity index is 1.81. The number of methoxy groups -OCH3 is 1. The van der Waals surface area contributed by atoms with E-state index in [0.717, 1.165) is 17.7 Å². The summed E-state index contributed by atoms with van der Waals surface area (Å²) < 4.78 is 5.23. The standard InChI is InChI=1S/C15H16N2O2S/c1-19-12-8-10(16)5-6-11(12)17-15(18)14-7-9-3-2-4-13(9)20-14/h5-8H,2-4,16H2,1H3,(H,17,18). The van der Waals surface area contributed by atoms with Gasteiger partial charge in [-0.2, -0.15) is 0 Å². The maximum Gasteiger partial charge on any atom is 0.265 e. The second-order valence-electron chi connectivity index (χ2n) is 4.83. The smallest absolute Gasteiger partial charge is 0.265 e. The van der Waals surface area contributed by atoms with Gasteiger partial charge in [-0.3, -0.25) is 4.79 Å². The van der Waals surface area contributed by atoms with E-state index in [1.165, 1.54) is 16.9 Å². The van der Waals surface area contributed by atoms with Gasteiger partial charge in [0, 0.05) is 16.6 Å². The third kappa shape index (κ3) is 2.36. The molecule has 0 spiro atoms. The maximum absolute atomic E-state index is 12.3. The molecule has 3 rings (SSSR count). The molecule has 0 saturated heterocycles. The van der Waals surface area contributed by atoms with Crippen LogP contribution >= 0.6 is 11.3 Å². The van der Waals surface area contributed by atoms with Gasteiger partial charge in [-0.05, 0) is 43.0 Å². The van der Waals surface area contributed by atoms with E-state index in [1.807, 2.05) is 6.07 Å². The Labute approximate surface area is 121 Å². The number of aryl methyl sites for hydroxylation is 2. The molecule has 1 aromatic carbocycles. The first-order chi connectivity index (χ1) is 9.67. The summed E-state index contributed by atoms with van der Waals surface area (Å²) in [5.74, 6) is 0.481. The molecule has 1 heterocycles. The van der Waals surface area contributed by atoms with Crippen molar-refractivity contribution < 1.29 is 9.53 Å². The van der Waals surface area contributed by atoms with E-state index in [-0.39, 0.29) is 5.91 Å². The highest BCUT2D eigenvalue weighted by atomic mass is 32.1. The zero-order valence-corrected chi connectivity index (χ0v) is 12.0. The van der Waals surface area contributed by atoms with Gasteiger partial charge in [0.1, 0.15) is 5.75 Å². The minimum atomic E-state index is -0.0903. The molecule has 0 aliphatic heterocycles. The summed E-state index contributed by atoms with van der Waals surface area (Å²) in [6.07, 6.45) is 3.39. The molecule has 0 unspecified atom stereocenters. The van der Waals surface area contributed by atoms with E-state index < -0.39 is 0 Å². The van der Waals surface area contributed by atoms with Gasteiger partial charge in [0.25, 0.3) is 5.91 Å². The lowest BCUT2D eigenvalue weighted by Gasteiger charge is -2.10. The molecule has 104 valence electrons. The predicted octanol–water partition coefficient (Wildman–Crippen LogP) is 3.08.